The Morgan fingerprint density at radius 3 is 2.65 bits per heavy atom. The molecular weight excluding hydrogens is 357 g/mol. The van der Waals surface area contributed by atoms with Gasteiger partial charge in [0.05, 0.1) is 6.61 Å². The number of hydrogen-bond donors (Lipinski definition) is 1. The van der Waals surface area contributed by atoms with E-state index >= 15 is 0 Å². The Morgan fingerprint density at radius 2 is 1.85 bits per heavy atom. The SMILES string of the molecule is C.Cl.Fc1ccc([C@@H]2CCNC[C@H]2COc2ccc3c(c2)OCO3)cc1. The van der Waals surface area contributed by atoms with Crippen LogP contribution in [0, 0.1) is 11.7 Å². The van der Waals surface area contributed by atoms with Crippen LogP contribution in [0.1, 0.15) is 25.3 Å². The third-order valence-corrected chi connectivity index (χ3v) is 4.71. The highest BCUT2D eigenvalue weighted by Gasteiger charge is 2.27. The van der Waals surface area contributed by atoms with Crippen molar-refractivity contribution in [3.05, 3.63) is 53.8 Å². The molecule has 2 aliphatic rings. The molecule has 2 heterocycles. The quantitative estimate of drug-likeness (QED) is 0.852. The van der Waals surface area contributed by atoms with Gasteiger partial charge in [-0.1, -0.05) is 19.6 Å². The molecule has 142 valence electrons. The molecule has 6 heteroatoms. The number of rotatable bonds is 4. The molecule has 4 rings (SSSR count). The minimum absolute atomic E-state index is 0. The van der Waals surface area contributed by atoms with Crippen LogP contribution in [0.5, 0.6) is 17.2 Å². The van der Waals surface area contributed by atoms with Gasteiger partial charge in [-0.15, -0.1) is 12.4 Å². The van der Waals surface area contributed by atoms with Crippen LogP contribution in [0.25, 0.3) is 0 Å². The van der Waals surface area contributed by atoms with Gasteiger partial charge in [-0.2, -0.15) is 0 Å². The largest absolute Gasteiger partial charge is 0.493 e. The highest BCUT2D eigenvalue weighted by atomic mass is 35.5. The Labute approximate surface area is 160 Å². The first-order valence-electron chi connectivity index (χ1n) is 8.28. The second-order valence-electron chi connectivity index (χ2n) is 6.24. The molecule has 0 aliphatic carbocycles. The summed E-state index contributed by atoms with van der Waals surface area (Å²) in [5, 5.41) is 3.43. The predicted molar refractivity (Wildman–Crippen MR) is 102 cm³/mol. The average Bonchev–Trinajstić information content (AvgIpc) is 3.09. The lowest BCUT2D eigenvalue weighted by atomic mass is 9.81. The summed E-state index contributed by atoms with van der Waals surface area (Å²) in [4.78, 5) is 0. The second kappa shape index (κ2) is 9.10. The number of ether oxygens (including phenoxy) is 3. The van der Waals surface area contributed by atoms with Crippen molar-refractivity contribution < 1.29 is 18.6 Å². The molecule has 0 amide bonds. The molecule has 0 aromatic heterocycles. The van der Waals surface area contributed by atoms with E-state index < -0.39 is 0 Å². The highest BCUT2D eigenvalue weighted by molar-refractivity contribution is 5.85. The fraction of sp³-hybridized carbons (Fsp3) is 0.400. The predicted octanol–water partition coefficient (Wildman–Crippen LogP) is 4.38. The molecule has 0 saturated carbocycles. The number of fused-ring (bicyclic) bond motifs is 1. The Balaban J connectivity index is 0.00000121. The van der Waals surface area contributed by atoms with Crippen LogP contribution >= 0.6 is 12.4 Å². The van der Waals surface area contributed by atoms with Crippen LogP contribution in [0.2, 0.25) is 0 Å². The van der Waals surface area contributed by atoms with Gasteiger partial charge < -0.3 is 19.5 Å². The minimum atomic E-state index is -0.194. The zero-order valence-corrected chi connectivity index (χ0v) is 14.6. The molecular formula is C20H25ClFNO3. The van der Waals surface area contributed by atoms with E-state index in [2.05, 4.69) is 5.32 Å². The number of hydrogen-bond acceptors (Lipinski definition) is 4. The van der Waals surface area contributed by atoms with E-state index in [0.717, 1.165) is 36.8 Å². The van der Waals surface area contributed by atoms with Crippen LogP contribution in [-0.2, 0) is 0 Å². The molecule has 26 heavy (non-hydrogen) atoms. The molecule has 0 unspecified atom stereocenters. The van der Waals surface area contributed by atoms with Gasteiger partial charge in [0, 0.05) is 18.5 Å². The Kier molecular flexibility index (Phi) is 7.12. The number of halogens is 2. The van der Waals surface area contributed by atoms with E-state index in [-0.39, 0.29) is 32.4 Å². The Morgan fingerprint density at radius 1 is 1.08 bits per heavy atom. The van der Waals surface area contributed by atoms with Gasteiger partial charge in [-0.25, -0.2) is 4.39 Å². The fourth-order valence-corrected chi connectivity index (χ4v) is 3.42. The summed E-state index contributed by atoms with van der Waals surface area (Å²) in [5.41, 5.74) is 1.18. The monoisotopic (exact) mass is 381 g/mol. The lowest BCUT2D eigenvalue weighted by Crippen LogP contribution is -2.38. The van der Waals surface area contributed by atoms with Gasteiger partial charge >= 0.3 is 0 Å². The maximum atomic E-state index is 13.2. The summed E-state index contributed by atoms with van der Waals surface area (Å²) in [6.07, 6.45) is 1.03. The first kappa shape index (κ1) is 20.3. The zero-order valence-electron chi connectivity index (χ0n) is 13.7. The molecule has 1 N–H and O–H groups in total. The summed E-state index contributed by atoms with van der Waals surface area (Å²) >= 11 is 0. The summed E-state index contributed by atoms with van der Waals surface area (Å²) < 4.78 is 29.9. The third kappa shape index (κ3) is 4.40. The average molecular weight is 382 g/mol. The van der Waals surface area contributed by atoms with Gasteiger partial charge in [0.25, 0.3) is 0 Å². The van der Waals surface area contributed by atoms with Gasteiger partial charge in [0.2, 0.25) is 6.79 Å². The molecule has 4 nitrogen and oxygen atoms in total. The molecule has 1 saturated heterocycles. The van der Waals surface area contributed by atoms with Crippen LogP contribution < -0.4 is 19.5 Å². The van der Waals surface area contributed by atoms with Gasteiger partial charge in [-0.3, -0.25) is 0 Å². The van der Waals surface area contributed by atoms with Crippen molar-refractivity contribution in [2.24, 2.45) is 5.92 Å². The summed E-state index contributed by atoms with van der Waals surface area (Å²) in [6.45, 7) is 2.74. The normalized spacial score (nSPS) is 20.7. The maximum absolute atomic E-state index is 13.2. The van der Waals surface area contributed by atoms with Crippen LogP contribution in [0.15, 0.2) is 42.5 Å². The zero-order chi connectivity index (χ0) is 16.4. The molecule has 0 bridgehead atoms. The highest BCUT2D eigenvalue weighted by Crippen LogP contribution is 2.36. The lowest BCUT2D eigenvalue weighted by molar-refractivity contribution is 0.173. The lowest BCUT2D eigenvalue weighted by Gasteiger charge is -2.32. The summed E-state index contributed by atoms with van der Waals surface area (Å²) in [5.74, 6) is 2.79. The van der Waals surface area contributed by atoms with E-state index in [0.29, 0.717) is 18.4 Å². The molecule has 2 atom stereocenters. The van der Waals surface area contributed by atoms with E-state index in [1.54, 1.807) is 0 Å². The first-order valence-corrected chi connectivity index (χ1v) is 8.28. The Hall–Kier alpha value is -1.98. The van der Waals surface area contributed by atoms with E-state index in [9.17, 15) is 4.39 Å². The Bertz CT molecular complexity index is 711. The number of benzene rings is 2. The maximum Gasteiger partial charge on any atom is 0.231 e. The fourth-order valence-electron chi connectivity index (χ4n) is 3.42. The molecule has 0 radical (unpaired) electrons. The van der Waals surface area contributed by atoms with Crippen molar-refractivity contribution in [1.82, 2.24) is 5.32 Å². The van der Waals surface area contributed by atoms with Crippen molar-refractivity contribution in [2.75, 3.05) is 26.5 Å². The van der Waals surface area contributed by atoms with Crippen molar-refractivity contribution in [3.8, 4) is 17.2 Å². The van der Waals surface area contributed by atoms with Crippen molar-refractivity contribution >= 4 is 12.4 Å². The van der Waals surface area contributed by atoms with E-state index in [1.165, 1.54) is 17.7 Å². The third-order valence-electron chi connectivity index (χ3n) is 4.71. The van der Waals surface area contributed by atoms with Crippen molar-refractivity contribution in [2.45, 2.75) is 19.8 Å². The molecule has 1 fully saturated rings. The number of nitrogens with one attached hydrogen (secondary N) is 1. The van der Waals surface area contributed by atoms with Crippen LogP contribution in [0.4, 0.5) is 4.39 Å². The standard InChI is InChI=1S/C19H20FNO3.CH4.ClH/c20-15-3-1-13(2-4-15)17-7-8-21-10-14(17)11-22-16-5-6-18-19(9-16)24-12-23-18;;/h1-6,9,14,17,21H,7-8,10-12H2;1H4;1H/t14-,17-;;/m0../s1. The van der Waals surface area contributed by atoms with Gasteiger partial charge in [-0.05, 0) is 48.7 Å². The second-order valence-corrected chi connectivity index (χ2v) is 6.24. The summed E-state index contributed by atoms with van der Waals surface area (Å²) in [7, 11) is 0. The summed E-state index contributed by atoms with van der Waals surface area (Å²) in [6, 6.07) is 12.5. The van der Waals surface area contributed by atoms with Crippen molar-refractivity contribution in [3.63, 3.8) is 0 Å². The van der Waals surface area contributed by atoms with Crippen LogP contribution in [-0.4, -0.2) is 26.5 Å². The van der Waals surface area contributed by atoms with Gasteiger partial charge in [0.15, 0.2) is 11.5 Å². The number of piperidine rings is 1. The van der Waals surface area contributed by atoms with E-state index in [1.807, 2.05) is 30.3 Å². The minimum Gasteiger partial charge on any atom is -0.493 e. The van der Waals surface area contributed by atoms with Crippen LogP contribution in [0.3, 0.4) is 0 Å². The topological polar surface area (TPSA) is 39.7 Å². The van der Waals surface area contributed by atoms with Crippen molar-refractivity contribution in [1.29, 1.82) is 0 Å². The smallest absolute Gasteiger partial charge is 0.231 e. The van der Waals surface area contributed by atoms with Gasteiger partial charge in [0.1, 0.15) is 11.6 Å². The molecule has 0 spiro atoms. The molecule has 2 aliphatic heterocycles. The van der Waals surface area contributed by atoms with E-state index in [4.69, 9.17) is 14.2 Å². The molecule has 2 aromatic carbocycles. The first-order chi connectivity index (χ1) is 11.8. The molecule has 2 aromatic rings.